The van der Waals surface area contributed by atoms with Gasteiger partial charge in [0.1, 0.15) is 0 Å². The van der Waals surface area contributed by atoms with Gasteiger partial charge in [-0.25, -0.2) is 4.39 Å². The summed E-state index contributed by atoms with van der Waals surface area (Å²) in [6.07, 6.45) is 23.8. The second-order valence-electron chi connectivity index (χ2n) is 13.1. The van der Waals surface area contributed by atoms with Crippen molar-refractivity contribution >= 4 is 7.60 Å². The van der Waals surface area contributed by atoms with Crippen molar-refractivity contribution in [1.82, 2.24) is 0 Å². The molecule has 0 spiro atoms. The molecular formula is C34H57F2O4P. The molecule has 0 bridgehead atoms. The molecule has 4 nitrogen and oxygen atoms in total. The maximum Gasteiger partial charge on any atom is 0.325 e. The van der Waals surface area contributed by atoms with Crippen LogP contribution in [-0.4, -0.2) is 22.6 Å². The maximum absolute atomic E-state index is 15.1. The first-order chi connectivity index (χ1) is 19.8. The second kappa shape index (κ2) is 18.6. The molecule has 2 saturated carbocycles. The molecule has 2 fully saturated rings. The standard InChI is InChI=1S/C34H57F2O4P/c1-2-3-11-14-27-15-17-28(18-16-27)29-19-21-30(22-20-29)31-23-24-32(34(36)33(31)35)40-25-12-9-7-5-4-6-8-10-13-26-41(37,38)39/h23-24,27-30H,2-22,25-26H2,1H3,(H2,37,38,39). The molecule has 0 heterocycles. The van der Waals surface area contributed by atoms with Gasteiger partial charge in [0.2, 0.25) is 5.82 Å². The van der Waals surface area contributed by atoms with Gasteiger partial charge < -0.3 is 14.5 Å². The highest BCUT2D eigenvalue weighted by Crippen LogP contribution is 2.45. The van der Waals surface area contributed by atoms with Crippen molar-refractivity contribution in [1.29, 1.82) is 0 Å². The zero-order valence-electron chi connectivity index (χ0n) is 25.6. The molecule has 0 unspecified atom stereocenters. The highest BCUT2D eigenvalue weighted by molar-refractivity contribution is 7.51. The third-order valence-electron chi connectivity index (χ3n) is 9.91. The van der Waals surface area contributed by atoms with Crippen LogP contribution < -0.4 is 4.74 Å². The Kier molecular flexibility index (Phi) is 15.7. The van der Waals surface area contributed by atoms with E-state index in [4.69, 9.17) is 14.5 Å². The van der Waals surface area contributed by atoms with Gasteiger partial charge in [-0.05, 0) is 86.7 Å². The fourth-order valence-corrected chi connectivity index (χ4v) is 7.98. The summed E-state index contributed by atoms with van der Waals surface area (Å²) in [5.74, 6) is 1.15. The molecule has 1 aromatic carbocycles. The van der Waals surface area contributed by atoms with Gasteiger partial charge in [0.15, 0.2) is 11.6 Å². The first-order valence-electron chi connectivity index (χ1n) is 16.9. The zero-order chi connectivity index (χ0) is 29.5. The molecular weight excluding hydrogens is 541 g/mol. The van der Waals surface area contributed by atoms with Gasteiger partial charge in [-0.2, -0.15) is 4.39 Å². The van der Waals surface area contributed by atoms with Gasteiger partial charge in [-0.1, -0.05) is 96.5 Å². The van der Waals surface area contributed by atoms with Crippen LogP contribution in [0.3, 0.4) is 0 Å². The van der Waals surface area contributed by atoms with E-state index in [1.807, 2.05) is 0 Å². The van der Waals surface area contributed by atoms with Crippen molar-refractivity contribution in [2.45, 2.75) is 148 Å². The van der Waals surface area contributed by atoms with Crippen LogP contribution in [0, 0.1) is 29.4 Å². The predicted molar refractivity (Wildman–Crippen MR) is 165 cm³/mol. The van der Waals surface area contributed by atoms with E-state index in [9.17, 15) is 8.96 Å². The van der Waals surface area contributed by atoms with E-state index in [0.29, 0.717) is 18.6 Å². The largest absolute Gasteiger partial charge is 0.490 e. The minimum Gasteiger partial charge on any atom is -0.490 e. The molecule has 0 aromatic heterocycles. The Morgan fingerprint density at radius 1 is 0.732 bits per heavy atom. The lowest BCUT2D eigenvalue weighted by Crippen LogP contribution is -2.25. The first kappa shape index (κ1) is 34.5. The fourth-order valence-electron chi connectivity index (χ4n) is 7.35. The van der Waals surface area contributed by atoms with Crippen LogP contribution in [0.2, 0.25) is 0 Å². The van der Waals surface area contributed by atoms with Crippen molar-refractivity contribution in [3.63, 3.8) is 0 Å². The lowest BCUT2D eigenvalue weighted by atomic mass is 9.68. The smallest absolute Gasteiger partial charge is 0.325 e. The maximum atomic E-state index is 15.1. The average Bonchev–Trinajstić information content (AvgIpc) is 2.96. The van der Waals surface area contributed by atoms with Gasteiger partial charge in [-0.3, -0.25) is 4.57 Å². The second-order valence-corrected chi connectivity index (χ2v) is 14.9. The highest BCUT2D eigenvalue weighted by atomic mass is 31.2. The number of benzene rings is 1. The van der Waals surface area contributed by atoms with Crippen LogP contribution >= 0.6 is 7.60 Å². The quantitative estimate of drug-likeness (QED) is 0.123. The van der Waals surface area contributed by atoms with Crippen LogP contribution in [0.1, 0.15) is 153 Å². The predicted octanol–water partition coefficient (Wildman–Crippen LogP) is 10.7. The van der Waals surface area contributed by atoms with Gasteiger partial charge in [-0.15, -0.1) is 0 Å². The molecule has 3 rings (SSSR count). The number of ether oxygens (including phenoxy) is 1. The molecule has 1 aromatic rings. The molecule has 2 N–H and O–H groups in total. The Bertz CT molecular complexity index is 904. The van der Waals surface area contributed by atoms with Crippen molar-refractivity contribution in [3.05, 3.63) is 29.3 Å². The van der Waals surface area contributed by atoms with E-state index < -0.39 is 19.2 Å². The van der Waals surface area contributed by atoms with Crippen LogP contribution in [0.25, 0.3) is 0 Å². The lowest BCUT2D eigenvalue weighted by molar-refractivity contribution is 0.155. The molecule has 7 heteroatoms. The Labute approximate surface area is 248 Å². The zero-order valence-corrected chi connectivity index (χ0v) is 26.5. The third kappa shape index (κ3) is 12.7. The summed E-state index contributed by atoms with van der Waals surface area (Å²) < 4.78 is 46.4. The van der Waals surface area contributed by atoms with E-state index >= 15 is 4.39 Å². The van der Waals surface area contributed by atoms with Gasteiger partial charge in [0.05, 0.1) is 6.61 Å². The molecule has 236 valence electrons. The molecule has 0 amide bonds. The van der Waals surface area contributed by atoms with Crippen LogP contribution in [0.15, 0.2) is 12.1 Å². The number of unbranched alkanes of at least 4 members (excludes halogenated alkanes) is 10. The number of hydrogen-bond donors (Lipinski definition) is 2. The molecule has 0 saturated heterocycles. The number of halogens is 2. The summed E-state index contributed by atoms with van der Waals surface area (Å²) in [6.45, 7) is 2.67. The topological polar surface area (TPSA) is 66.8 Å². The van der Waals surface area contributed by atoms with Crippen molar-refractivity contribution in [2.75, 3.05) is 12.8 Å². The number of hydrogen-bond acceptors (Lipinski definition) is 2. The average molecular weight is 599 g/mol. The van der Waals surface area contributed by atoms with Crippen LogP contribution in [-0.2, 0) is 4.57 Å². The molecule has 0 aliphatic heterocycles. The monoisotopic (exact) mass is 598 g/mol. The van der Waals surface area contributed by atoms with Crippen molar-refractivity contribution in [3.8, 4) is 5.75 Å². The van der Waals surface area contributed by atoms with E-state index in [-0.39, 0.29) is 17.8 Å². The van der Waals surface area contributed by atoms with E-state index in [0.717, 1.165) is 94.8 Å². The van der Waals surface area contributed by atoms with Gasteiger partial charge >= 0.3 is 7.60 Å². The highest BCUT2D eigenvalue weighted by Gasteiger charge is 2.32. The fraction of sp³-hybridized carbons (Fsp3) is 0.824. The van der Waals surface area contributed by atoms with E-state index in [1.165, 1.54) is 51.4 Å². The Morgan fingerprint density at radius 3 is 1.88 bits per heavy atom. The first-order valence-corrected chi connectivity index (χ1v) is 18.7. The summed E-state index contributed by atoms with van der Waals surface area (Å²) >= 11 is 0. The molecule has 2 aliphatic carbocycles. The van der Waals surface area contributed by atoms with Crippen LogP contribution in [0.4, 0.5) is 8.78 Å². The summed E-state index contributed by atoms with van der Waals surface area (Å²) in [6, 6.07) is 3.40. The minimum absolute atomic E-state index is 0.0126. The van der Waals surface area contributed by atoms with Crippen LogP contribution in [0.5, 0.6) is 5.75 Å². The Balaban J connectivity index is 1.28. The SMILES string of the molecule is CCCCCC1CCC(C2CCC(c3ccc(OCCCCCCCCCCCP(=O)(O)O)c(F)c3F)CC2)CC1. The van der Waals surface area contributed by atoms with E-state index in [1.54, 1.807) is 12.1 Å². The number of rotatable bonds is 19. The molecule has 2 aliphatic rings. The van der Waals surface area contributed by atoms with E-state index in [2.05, 4.69) is 6.92 Å². The summed E-state index contributed by atoms with van der Waals surface area (Å²) in [7, 11) is -3.85. The molecule has 0 radical (unpaired) electrons. The molecule has 41 heavy (non-hydrogen) atoms. The summed E-state index contributed by atoms with van der Waals surface area (Å²) in [5, 5.41) is 0. The third-order valence-corrected chi connectivity index (χ3v) is 10.8. The molecule has 0 atom stereocenters. The van der Waals surface area contributed by atoms with Crippen molar-refractivity contribution < 1.29 is 27.9 Å². The lowest BCUT2D eigenvalue weighted by Gasteiger charge is -2.38. The summed E-state index contributed by atoms with van der Waals surface area (Å²) in [4.78, 5) is 17.7. The van der Waals surface area contributed by atoms with Crippen molar-refractivity contribution in [2.24, 2.45) is 17.8 Å². The van der Waals surface area contributed by atoms with Gasteiger partial charge in [0, 0.05) is 6.16 Å². The van der Waals surface area contributed by atoms with Gasteiger partial charge in [0.25, 0.3) is 0 Å². The summed E-state index contributed by atoms with van der Waals surface area (Å²) in [5.41, 5.74) is 0.537. The Morgan fingerprint density at radius 2 is 1.29 bits per heavy atom. The Hall–Kier alpha value is -0.970. The minimum atomic E-state index is -3.85. The normalized spacial score (nSPS) is 23.5.